The van der Waals surface area contributed by atoms with Crippen molar-refractivity contribution >= 4 is 35.8 Å². The third-order valence-corrected chi connectivity index (χ3v) is 1.44. The minimum atomic E-state index is 0. The Bertz CT molecular complexity index is 93.7. The van der Waals surface area contributed by atoms with Gasteiger partial charge in [-0.25, -0.2) is 0 Å². The van der Waals surface area contributed by atoms with E-state index in [4.69, 9.17) is 4.74 Å². The van der Waals surface area contributed by atoms with Crippen molar-refractivity contribution in [3.63, 3.8) is 0 Å². The first-order chi connectivity index (χ1) is 4.43. The first kappa shape index (κ1) is 10.6. The Morgan fingerprint density at radius 3 is 2.50 bits per heavy atom. The molecular weight excluding hydrogens is 141 g/mol. The minimum absolute atomic E-state index is 0. The van der Waals surface area contributed by atoms with Crippen LogP contribution in [0.4, 0.5) is 0 Å². The number of hydrogen-bond acceptors (Lipinski definition) is 3. The molecule has 10 heavy (non-hydrogen) atoms. The third kappa shape index (κ3) is 3.68. The van der Waals surface area contributed by atoms with Gasteiger partial charge >= 0.3 is 29.6 Å². The molecule has 0 bridgehead atoms. The second-order valence-electron chi connectivity index (χ2n) is 2.08. The van der Waals surface area contributed by atoms with Crippen LogP contribution in [0.25, 0.3) is 0 Å². The van der Waals surface area contributed by atoms with E-state index in [0.29, 0.717) is 6.54 Å². The maximum atomic E-state index is 9.99. The zero-order chi connectivity index (χ0) is 6.53. The number of carbonyl (C=O) groups is 1. The molecule has 1 fully saturated rings. The summed E-state index contributed by atoms with van der Waals surface area (Å²) in [5.41, 5.74) is 0. The van der Waals surface area contributed by atoms with E-state index in [9.17, 15) is 4.79 Å². The normalized spacial score (nSPS) is 19.6. The second kappa shape index (κ2) is 6.31. The molecule has 4 heteroatoms. The quantitative estimate of drug-likeness (QED) is 0.371. The molecule has 54 valence electrons. The second-order valence-corrected chi connectivity index (χ2v) is 2.08. The van der Waals surface area contributed by atoms with Crippen molar-refractivity contribution in [3.8, 4) is 0 Å². The summed E-state index contributed by atoms with van der Waals surface area (Å²) in [5.74, 6) is 0. The monoisotopic (exact) mass is 153 g/mol. The van der Waals surface area contributed by atoms with Crippen LogP contribution in [0, 0.1) is 0 Å². The molecule has 3 nitrogen and oxygen atoms in total. The number of hydrogen-bond donors (Lipinski definition) is 0. The van der Waals surface area contributed by atoms with Gasteiger partial charge in [-0.1, -0.05) is 0 Å². The SMILES string of the molecule is O=CCN1CCOCC1.[NaH]. The Balaban J connectivity index is 0.000000810. The van der Waals surface area contributed by atoms with E-state index >= 15 is 0 Å². The first-order valence-electron chi connectivity index (χ1n) is 3.17. The van der Waals surface area contributed by atoms with Crippen LogP contribution in [-0.4, -0.2) is 73.6 Å². The Kier molecular flexibility index (Phi) is 6.68. The van der Waals surface area contributed by atoms with Crippen LogP contribution in [0.1, 0.15) is 0 Å². The molecule has 1 aliphatic rings. The van der Waals surface area contributed by atoms with Crippen molar-refractivity contribution in [2.24, 2.45) is 0 Å². The van der Waals surface area contributed by atoms with E-state index in [1.165, 1.54) is 0 Å². The van der Waals surface area contributed by atoms with Crippen molar-refractivity contribution < 1.29 is 9.53 Å². The molecule has 0 radical (unpaired) electrons. The van der Waals surface area contributed by atoms with Gasteiger partial charge in [-0.15, -0.1) is 0 Å². The molecule has 1 heterocycles. The summed E-state index contributed by atoms with van der Waals surface area (Å²) in [6.45, 7) is 3.91. The molecule has 0 aromatic carbocycles. The summed E-state index contributed by atoms with van der Waals surface area (Å²) >= 11 is 0. The van der Waals surface area contributed by atoms with E-state index in [2.05, 4.69) is 4.90 Å². The predicted molar refractivity (Wildman–Crippen MR) is 40.5 cm³/mol. The number of carbonyl (C=O) groups excluding carboxylic acids is 1. The summed E-state index contributed by atoms with van der Waals surface area (Å²) in [7, 11) is 0. The summed E-state index contributed by atoms with van der Waals surface area (Å²) in [6.07, 6.45) is 0.936. The van der Waals surface area contributed by atoms with Gasteiger partial charge in [0.05, 0.1) is 19.8 Å². The van der Waals surface area contributed by atoms with Gasteiger partial charge in [-0.2, -0.15) is 0 Å². The molecule has 0 atom stereocenters. The molecule has 0 unspecified atom stereocenters. The Hall–Kier alpha value is 0.590. The zero-order valence-corrected chi connectivity index (χ0v) is 5.38. The van der Waals surface area contributed by atoms with Crippen LogP contribution in [0.3, 0.4) is 0 Å². The fourth-order valence-corrected chi connectivity index (χ4v) is 0.889. The molecule has 1 saturated heterocycles. The van der Waals surface area contributed by atoms with Gasteiger partial charge in [-0.3, -0.25) is 4.90 Å². The van der Waals surface area contributed by atoms with Crippen molar-refractivity contribution in [2.75, 3.05) is 32.8 Å². The Morgan fingerprint density at radius 2 is 2.00 bits per heavy atom. The van der Waals surface area contributed by atoms with Crippen molar-refractivity contribution in [1.82, 2.24) is 4.90 Å². The standard InChI is InChI=1S/C6H11NO2.Na.H/c8-4-1-7-2-5-9-6-3-7;;/h4H,1-3,5-6H2;;. The Morgan fingerprint density at radius 1 is 1.40 bits per heavy atom. The molecule has 0 amide bonds. The van der Waals surface area contributed by atoms with E-state index in [-0.39, 0.29) is 29.6 Å². The van der Waals surface area contributed by atoms with Crippen molar-refractivity contribution in [3.05, 3.63) is 0 Å². The van der Waals surface area contributed by atoms with Gasteiger partial charge < -0.3 is 9.53 Å². The van der Waals surface area contributed by atoms with Gasteiger partial charge in [0, 0.05) is 13.1 Å². The number of morpholine rings is 1. The predicted octanol–water partition coefficient (Wildman–Crippen LogP) is -1.13. The van der Waals surface area contributed by atoms with Crippen LogP contribution < -0.4 is 0 Å². The molecular formula is C6H12NNaO2. The number of nitrogens with zero attached hydrogens (tertiary/aromatic N) is 1. The van der Waals surface area contributed by atoms with E-state index in [1.807, 2.05) is 0 Å². The zero-order valence-electron chi connectivity index (χ0n) is 5.38. The molecule has 0 aromatic rings. The van der Waals surface area contributed by atoms with Crippen molar-refractivity contribution in [1.29, 1.82) is 0 Å². The van der Waals surface area contributed by atoms with E-state index in [1.54, 1.807) is 0 Å². The van der Waals surface area contributed by atoms with Crippen LogP contribution in [-0.2, 0) is 9.53 Å². The average Bonchev–Trinajstić information content (AvgIpc) is 1.91. The average molecular weight is 153 g/mol. The number of ether oxygens (including phenoxy) is 1. The van der Waals surface area contributed by atoms with Gasteiger partial charge in [0.15, 0.2) is 0 Å². The molecule has 0 aromatic heterocycles. The van der Waals surface area contributed by atoms with Crippen LogP contribution in [0.15, 0.2) is 0 Å². The summed E-state index contributed by atoms with van der Waals surface area (Å²) in [4.78, 5) is 12.1. The van der Waals surface area contributed by atoms with Gasteiger partial charge in [0.1, 0.15) is 6.29 Å². The summed E-state index contributed by atoms with van der Waals surface area (Å²) < 4.78 is 5.09. The van der Waals surface area contributed by atoms with E-state index in [0.717, 1.165) is 32.6 Å². The number of rotatable bonds is 2. The summed E-state index contributed by atoms with van der Waals surface area (Å²) in [6, 6.07) is 0. The first-order valence-corrected chi connectivity index (χ1v) is 3.17. The van der Waals surface area contributed by atoms with Crippen LogP contribution in [0.5, 0.6) is 0 Å². The third-order valence-electron chi connectivity index (χ3n) is 1.44. The van der Waals surface area contributed by atoms with E-state index < -0.39 is 0 Å². The Labute approximate surface area is 83.0 Å². The topological polar surface area (TPSA) is 29.5 Å². The fourth-order valence-electron chi connectivity index (χ4n) is 0.889. The summed E-state index contributed by atoms with van der Waals surface area (Å²) in [5, 5.41) is 0. The van der Waals surface area contributed by atoms with Gasteiger partial charge in [0.25, 0.3) is 0 Å². The number of aldehydes is 1. The van der Waals surface area contributed by atoms with Crippen LogP contribution in [0.2, 0.25) is 0 Å². The molecule has 1 rings (SSSR count). The van der Waals surface area contributed by atoms with Crippen LogP contribution >= 0.6 is 0 Å². The molecule has 0 N–H and O–H groups in total. The van der Waals surface area contributed by atoms with Gasteiger partial charge in [-0.05, 0) is 0 Å². The van der Waals surface area contributed by atoms with Crippen molar-refractivity contribution in [2.45, 2.75) is 0 Å². The molecule has 1 aliphatic heterocycles. The van der Waals surface area contributed by atoms with Gasteiger partial charge in [0.2, 0.25) is 0 Å². The fraction of sp³-hybridized carbons (Fsp3) is 0.833. The molecule has 0 aliphatic carbocycles. The molecule has 0 spiro atoms. The maximum absolute atomic E-state index is 9.99. The molecule has 0 saturated carbocycles.